The van der Waals surface area contributed by atoms with Crippen LogP contribution in [0.1, 0.15) is 30.9 Å². The van der Waals surface area contributed by atoms with Gasteiger partial charge in [-0.1, -0.05) is 37.0 Å². The van der Waals surface area contributed by atoms with Gasteiger partial charge in [0.15, 0.2) is 0 Å². The van der Waals surface area contributed by atoms with Crippen molar-refractivity contribution in [1.29, 1.82) is 0 Å². The van der Waals surface area contributed by atoms with Crippen LogP contribution in [0.2, 0.25) is 10.0 Å². The number of furan rings is 1. The molecule has 5 heteroatoms. The summed E-state index contributed by atoms with van der Waals surface area (Å²) in [7, 11) is 0. The summed E-state index contributed by atoms with van der Waals surface area (Å²) in [6.07, 6.45) is 0. The molecule has 0 radical (unpaired) electrons. The van der Waals surface area contributed by atoms with E-state index in [0.29, 0.717) is 35.0 Å². The van der Waals surface area contributed by atoms with Gasteiger partial charge in [-0.05, 0) is 36.8 Å². The van der Waals surface area contributed by atoms with Gasteiger partial charge in [0.2, 0.25) is 0 Å². The zero-order chi connectivity index (χ0) is 15.4. The summed E-state index contributed by atoms with van der Waals surface area (Å²) in [6, 6.07) is 7.56. The lowest BCUT2D eigenvalue weighted by atomic mass is 10.2. The molecular weight excluding hydrogens is 309 g/mol. The van der Waals surface area contributed by atoms with Crippen LogP contribution < -0.4 is 10.1 Å². The lowest BCUT2D eigenvalue weighted by Crippen LogP contribution is -2.21. The Hall–Kier alpha value is -1.16. The number of rotatable bonds is 6. The molecule has 0 bridgehead atoms. The van der Waals surface area contributed by atoms with Crippen molar-refractivity contribution in [3.05, 3.63) is 51.4 Å². The van der Waals surface area contributed by atoms with Gasteiger partial charge in [0.1, 0.15) is 23.9 Å². The average Bonchev–Trinajstić information content (AvgIpc) is 2.76. The number of nitrogens with one attached hydrogen (secondary N) is 1. The topological polar surface area (TPSA) is 34.4 Å². The zero-order valence-corrected chi connectivity index (χ0v) is 13.9. The molecule has 1 aromatic heterocycles. The van der Waals surface area contributed by atoms with Crippen LogP contribution in [-0.2, 0) is 13.2 Å². The SMILES string of the molecule is Cc1cc(COc2ccc(Cl)cc2Cl)oc1CNC(C)C. The van der Waals surface area contributed by atoms with Gasteiger partial charge in [0.05, 0.1) is 11.6 Å². The predicted molar refractivity (Wildman–Crippen MR) is 86.2 cm³/mol. The largest absolute Gasteiger partial charge is 0.484 e. The van der Waals surface area contributed by atoms with Crippen LogP contribution in [-0.4, -0.2) is 6.04 Å². The van der Waals surface area contributed by atoms with Crippen LogP contribution in [0.15, 0.2) is 28.7 Å². The van der Waals surface area contributed by atoms with Gasteiger partial charge >= 0.3 is 0 Å². The minimum absolute atomic E-state index is 0.337. The summed E-state index contributed by atoms with van der Waals surface area (Å²) in [5, 5.41) is 4.41. The molecule has 0 spiro atoms. The summed E-state index contributed by atoms with van der Waals surface area (Å²) in [6.45, 7) is 7.28. The van der Waals surface area contributed by atoms with Crippen molar-refractivity contribution in [2.45, 2.75) is 40.0 Å². The van der Waals surface area contributed by atoms with Crippen LogP contribution in [0.25, 0.3) is 0 Å². The molecule has 0 unspecified atom stereocenters. The zero-order valence-electron chi connectivity index (χ0n) is 12.4. The van der Waals surface area contributed by atoms with Gasteiger partial charge in [-0.15, -0.1) is 0 Å². The first kappa shape index (κ1) is 16.2. The summed E-state index contributed by atoms with van der Waals surface area (Å²) >= 11 is 11.9. The van der Waals surface area contributed by atoms with E-state index in [1.165, 1.54) is 0 Å². The maximum Gasteiger partial charge on any atom is 0.146 e. The lowest BCUT2D eigenvalue weighted by molar-refractivity contribution is 0.264. The van der Waals surface area contributed by atoms with E-state index in [2.05, 4.69) is 19.2 Å². The Morgan fingerprint density at radius 1 is 1.24 bits per heavy atom. The third kappa shape index (κ3) is 4.67. The van der Waals surface area contributed by atoms with Gasteiger partial charge in [-0.2, -0.15) is 0 Å². The van der Waals surface area contributed by atoms with Crippen molar-refractivity contribution in [1.82, 2.24) is 5.32 Å². The number of halogens is 2. The van der Waals surface area contributed by atoms with Gasteiger partial charge in [-0.25, -0.2) is 0 Å². The molecule has 2 aromatic rings. The second-order valence-electron chi connectivity index (χ2n) is 5.22. The molecule has 0 atom stereocenters. The van der Waals surface area contributed by atoms with Crippen LogP contribution >= 0.6 is 23.2 Å². The molecule has 1 N–H and O–H groups in total. The molecular formula is C16H19Cl2NO2. The van der Waals surface area contributed by atoms with E-state index in [1.807, 2.05) is 13.0 Å². The van der Waals surface area contributed by atoms with Crippen molar-refractivity contribution < 1.29 is 9.15 Å². The van der Waals surface area contributed by atoms with Crippen molar-refractivity contribution in [3.63, 3.8) is 0 Å². The fraction of sp³-hybridized carbons (Fsp3) is 0.375. The fourth-order valence-electron chi connectivity index (χ4n) is 1.87. The van der Waals surface area contributed by atoms with Crippen LogP contribution in [0.5, 0.6) is 5.75 Å². The van der Waals surface area contributed by atoms with E-state index in [4.69, 9.17) is 32.4 Å². The lowest BCUT2D eigenvalue weighted by Gasteiger charge is -2.07. The molecule has 0 aliphatic rings. The standard InChI is InChI=1S/C16H19Cl2NO2/c1-10(2)19-8-16-11(3)6-13(21-16)9-20-15-5-4-12(17)7-14(15)18/h4-7,10,19H,8-9H2,1-3H3. The Morgan fingerprint density at radius 2 is 2.00 bits per heavy atom. The molecule has 0 aliphatic heterocycles. The molecule has 1 aromatic carbocycles. The highest BCUT2D eigenvalue weighted by atomic mass is 35.5. The highest BCUT2D eigenvalue weighted by Gasteiger charge is 2.10. The first-order valence-electron chi connectivity index (χ1n) is 6.85. The minimum atomic E-state index is 0.337. The van der Waals surface area contributed by atoms with E-state index >= 15 is 0 Å². The van der Waals surface area contributed by atoms with E-state index in [1.54, 1.807) is 18.2 Å². The second-order valence-corrected chi connectivity index (χ2v) is 6.06. The molecule has 0 fully saturated rings. The van der Waals surface area contributed by atoms with Gasteiger partial charge in [-0.3, -0.25) is 0 Å². The highest BCUT2D eigenvalue weighted by Crippen LogP contribution is 2.28. The molecule has 0 saturated carbocycles. The minimum Gasteiger partial charge on any atom is -0.484 e. The first-order valence-corrected chi connectivity index (χ1v) is 7.60. The fourth-order valence-corrected chi connectivity index (χ4v) is 2.34. The van der Waals surface area contributed by atoms with E-state index in [-0.39, 0.29) is 0 Å². The number of hydrogen-bond acceptors (Lipinski definition) is 3. The Kier molecular flexibility index (Phi) is 5.57. The number of ether oxygens (including phenoxy) is 1. The number of hydrogen-bond donors (Lipinski definition) is 1. The van der Waals surface area contributed by atoms with E-state index in [9.17, 15) is 0 Å². The Balaban J connectivity index is 1.98. The van der Waals surface area contributed by atoms with Crippen molar-refractivity contribution in [2.75, 3.05) is 0 Å². The van der Waals surface area contributed by atoms with E-state index in [0.717, 1.165) is 17.1 Å². The maximum absolute atomic E-state index is 6.07. The van der Waals surface area contributed by atoms with Crippen LogP contribution in [0, 0.1) is 6.92 Å². The average molecular weight is 328 g/mol. The van der Waals surface area contributed by atoms with Crippen LogP contribution in [0.4, 0.5) is 0 Å². The van der Waals surface area contributed by atoms with Crippen molar-refractivity contribution in [3.8, 4) is 5.75 Å². The normalized spacial score (nSPS) is 11.1. The first-order chi connectivity index (χ1) is 9.95. The van der Waals surface area contributed by atoms with Gasteiger partial charge in [0.25, 0.3) is 0 Å². The summed E-state index contributed by atoms with van der Waals surface area (Å²) in [5.74, 6) is 2.31. The Morgan fingerprint density at radius 3 is 2.67 bits per heavy atom. The molecule has 0 amide bonds. The molecule has 114 valence electrons. The second kappa shape index (κ2) is 7.21. The molecule has 0 saturated heterocycles. The number of benzene rings is 1. The predicted octanol–water partition coefficient (Wildman–Crippen LogP) is 4.97. The molecule has 21 heavy (non-hydrogen) atoms. The maximum atomic E-state index is 6.07. The molecule has 0 aliphatic carbocycles. The van der Waals surface area contributed by atoms with Gasteiger partial charge in [0, 0.05) is 11.1 Å². The summed E-state index contributed by atoms with van der Waals surface area (Å²) in [5.41, 5.74) is 1.11. The quantitative estimate of drug-likeness (QED) is 0.813. The molecule has 1 heterocycles. The number of aryl methyl sites for hydroxylation is 1. The summed E-state index contributed by atoms with van der Waals surface area (Å²) in [4.78, 5) is 0. The van der Waals surface area contributed by atoms with E-state index < -0.39 is 0 Å². The third-order valence-electron chi connectivity index (χ3n) is 3.01. The van der Waals surface area contributed by atoms with Gasteiger partial charge < -0.3 is 14.5 Å². The molecule has 3 nitrogen and oxygen atoms in total. The summed E-state index contributed by atoms with van der Waals surface area (Å²) < 4.78 is 11.5. The smallest absolute Gasteiger partial charge is 0.146 e. The van der Waals surface area contributed by atoms with Crippen LogP contribution in [0.3, 0.4) is 0 Å². The van der Waals surface area contributed by atoms with Crippen molar-refractivity contribution in [2.24, 2.45) is 0 Å². The Bertz CT molecular complexity index is 608. The highest BCUT2D eigenvalue weighted by molar-refractivity contribution is 6.35. The van der Waals surface area contributed by atoms with Crippen molar-refractivity contribution >= 4 is 23.2 Å². The molecule has 2 rings (SSSR count). The third-order valence-corrected chi connectivity index (χ3v) is 3.54. The Labute approximate surface area is 135 Å². The monoisotopic (exact) mass is 327 g/mol.